The Labute approximate surface area is 89.7 Å². The van der Waals surface area contributed by atoms with Gasteiger partial charge >= 0.3 is 18.9 Å². The van der Waals surface area contributed by atoms with Crippen molar-refractivity contribution in [2.45, 2.75) is 6.42 Å². The second-order valence-electron chi connectivity index (χ2n) is 1.09. The van der Waals surface area contributed by atoms with Crippen LogP contribution in [0.5, 0.6) is 0 Å². The Hall–Kier alpha value is -0.0426. The number of allylic oxidation sites excluding steroid dienone is 4. The molecular formula is C8H22LiN3. The van der Waals surface area contributed by atoms with Crippen LogP contribution in [0.25, 0.3) is 0 Å². The van der Waals surface area contributed by atoms with Crippen molar-refractivity contribution >= 4 is 0 Å². The van der Waals surface area contributed by atoms with Crippen LogP contribution in [0, 0.1) is 0 Å². The van der Waals surface area contributed by atoms with Crippen LogP contribution in [0.4, 0.5) is 0 Å². The molecular weight excluding hydrogens is 145 g/mol. The number of nitrogens with two attached hydrogens (primary N) is 3. The third kappa shape index (κ3) is 32.5. The number of rotatable bonds is 0. The smallest absolute Gasteiger partial charge is 1.00 e. The number of hydrogen-bond donors (Lipinski definition) is 3. The van der Waals surface area contributed by atoms with E-state index in [-0.39, 0.29) is 20.3 Å². The number of hydrogen-bond acceptors (Lipinski definition) is 3. The van der Waals surface area contributed by atoms with Crippen molar-refractivity contribution in [3.05, 3.63) is 24.3 Å². The van der Waals surface area contributed by atoms with Crippen LogP contribution in [0.15, 0.2) is 24.3 Å². The molecule has 0 bridgehead atoms. The van der Waals surface area contributed by atoms with Crippen molar-refractivity contribution in [3.8, 4) is 0 Å². The van der Waals surface area contributed by atoms with Gasteiger partial charge in [0.2, 0.25) is 0 Å². The van der Waals surface area contributed by atoms with E-state index in [4.69, 9.17) is 0 Å². The van der Waals surface area contributed by atoms with Gasteiger partial charge < -0.3 is 18.6 Å². The normalized spacial score (nSPS) is 8.83. The SMILES string of the molecule is C1=CCC=C1.CN.CN.CN.[H-].[Li+]. The molecule has 0 aromatic rings. The molecule has 0 unspecified atom stereocenters. The van der Waals surface area contributed by atoms with Crippen molar-refractivity contribution < 1.29 is 20.3 Å². The van der Waals surface area contributed by atoms with E-state index in [1.165, 1.54) is 21.1 Å². The molecule has 1 rings (SSSR count). The molecule has 1 aliphatic rings. The van der Waals surface area contributed by atoms with Gasteiger partial charge in [0.25, 0.3) is 0 Å². The molecule has 0 aromatic heterocycles. The summed E-state index contributed by atoms with van der Waals surface area (Å²) in [7, 11) is 4.50. The third-order valence-corrected chi connectivity index (χ3v) is 0.655. The summed E-state index contributed by atoms with van der Waals surface area (Å²) in [5.41, 5.74) is 13.5. The van der Waals surface area contributed by atoms with E-state index in [0.717, 1.165) is 6.42 Å². The molecule has 0 amide bonds. The van der Waals surface area contributed by atoms with Gasteiger partial charge in [-0.3, -0.25) is 0 Å². The molecule has 4 heteroatoms. The molecule has 0 aromatic carbocycles. The molecule has 0 spiro atoms. The Bertz CT molecular complexity index is 77.5. The fourth-order valence-electron chi connectivity index (χ4n) is 0.393. The topological polar surface area (TPSA) is 78.1 Å². The maximum atomic E-state index is 4.50. The van der Waals surface area contributed by atoms with Crippen molar-refractivity contribution in [1.82, 2.24) is 0 Å². The minimum atomic E-state index is 0. The second kappa shape index (κ2) is 44.2. The molecule has 6 N–H and O–H groups in total. The second-order valence-corrected chi connectivity index (χ2v) is 1.09. The van der Waals surface area contributed by atoms with E-state index >= 15 is 0 Å². The van der Waals surface area contributed by atoms with Crippen LogP contribution in [-0.2, 0) is 0 Å². The van der Waals surface area contributed by atoms with E-state index in [1.807, 2.05) is 0 Å². The van der Waals surface area contributed by atoms with Gasteiger partial charge in [-0.05, 0) is 27.6 Å². The fourth-order valence-corrected chi connectivity index (χ4v) is 0.393. The molecule has 0 saturated carbocycles. The minimum Gasteiger partial charge on any atom is -1.00 e. The van der Waals surface area contributed by atoms with Crippen LogP contribution >= 0.6 is 0 Å². The van der Waals surface area contributed by atoms with Crippen molar-refractivity contribution in [2.24, 2.45) is 17.2 Å². The first kappa shape index (κ1) is 22.7. The van der Waals surface area contributed by atoms with E-state index < -0.39 is 0 Å². The molecule has 0 radical (unpaired) electrons. The van der Waals surface area contributed by atoms with Gasteiger partial charge in [0.05, 0.1) is 0 Å². The molecule has 0 heterocycles. The zero-order valence-corrected chi connectivity index (χ0v) is 8.75. The van der Waals surface area contributed by atoms with Crippen LogP contribution < -0.4 is 36.1 Å². The first-order chi connectivity index (χ1) is 5.50. The molecule has 3 nitrogen and oxygen atoms in total. The quantitative estimate of drug-likeness (QED) is 0.345. The van der Waals surface area contributed by atoms with Crippen LogP contribution in [0.2, 0.25) is 0 Å². The minimum absolute atomic E-state index is 0. The van der Waals surface area contributed by atoms with Crippen molar-refractivity contribution in [1.29, 1.82) is 0 Å². The van der Waals surface area contributed by atoms with Gasteiger partial charge in [-0.15, -0.1) is 0 Å². The van der Waals surface area contributed by atoms with E-state index in [2.05, 4.69) is 41.5 Å². The summed E-state index contributed by atoms with van der Waals surface area (Å²) in [6.45, 7) is 0. The van der Waals surface area contributed by atoms with Crippen LogP contribution in [0.1, 0.15) is 7.85 Å². The third-order valence-electron chi connectivity index (χ3n) is 0.655. The van der Waals surface area contributed by atoms with Gasteiger partial charge in [-0.25, -0.2) is 0 Å². The van der Waals surface area contributed by atoms with Crippen LogP contribution in [-0.4, -0.2) is 21.1 Å². The van der Waals surface area contributed by atoms with E-state index in [0.29, 0.717) is 0 Å². The predicted octanol–water partition coefficient (Wildman–Crippen LogP) is -2.66. The summed E-state index contributed by atoms with van der Waals surface area (Å²) >= 11 is 0. The van der Waals surface area contributed by atoms with Crippen LogP contribution in [0.3, 0.4) is 0 Å². The van der Waals surface area contributed by atoms with Gasteiger partial charge in [0.15, 0.2) is 0 Å². The Morgan fingerprint density at radius 2 is 1.08 bits per heavy atom. The zero-order chi connectivity index (χ0) is 9.54. The zero-order valence-electron chi connectivity index (χ0n) is 9.75. The summed E-state index contributed by atoms with van der Waals surface area (Å²) < 4.78 is 0. The molecule has 1 aliphatic carbocycles. The molecule has 12 heavy (non-hydrogen) atoms. The summed E-state index contributed by atoms with van der Waals surface area (Å²) in [5, 5.41) is 0. The maximum absolute atomic E-state index is 4.50. The summed E-state index contributed by atoms with van der Waals surface area (Å²) in [6, 6.07) is 0. The summed E-state index contributed by atoms with van der Waals surface area (Å²) in [4.78, 5) is 0. The fraction of sp³-hybridized carbons (Fsp3) is 0.500. The summed E-state index contributed by atoms with van der Waals surface area (Å²) in [6.07, 6.45) is 9.50. The van der Waals surface area contributed by atoms with Crippen molar-refractivity contribution in [3.63, 3.8) is 0 Å². The van der Waals surface area contributed by atoms with Gasteiger partial charge in [0.1, 0.15) is 0 Å². The van der Waals surface area contributed by atoms with Gasteiger partial charge in [-0.2, -0.15) is 0 Å². The Morgan fingerprint density at radius 3 is 1.17 bits per heavy atom. The monoisotopic (exact) mass is 167 g/mol. The Morgan fingerprint density at radius 1 is 0.833 bits per heavy atom. The van der Waals surface area contributed by atoms with Gasteiger partial charge in [-0.1, -0.05) is 24.3 Å². The first-order valence-corrected chi connectivity index (χ1v) is 3.55. The Kier molecular flexibility index (Phi) is 83.5. The molecule has 0 atom stereocenters. The van der Waals surface area contributed by atoms with Gasteiger partial charge in [0, 0.05) is 0 Å². The predicted molar refractivity (Wildman–Crippen MR) is 54.3 cm³/mol. The average molecular weight is 167 g/mol. The first-order valence-electron chi connectivity index (χ1n) is 3.55. The van der Waals surface area contributed by atoms with Crippen molar-refractivity contribution in [2.75, 3.05) is 21.1 Å². The molecule has 0 saturated heterocycles. The Balaban J connectivity index is -0.0000000239. The molecule has 70 valence electrons. The van der Waals surface area contributed by atoms with E-state index in [1.54, 1.807) is 0 Å². The maximum Gasteiger partial charge on any atom is 1.00 e. The van der Waals surface area contributed by atoms with E-state index in [9.17, 15) is 0 Å². The summed E-state index contributed by atoms with van der Waals surface area (Å²) in [5.74, 6) is 0. The molecule has 0 aliphatic heterocycles. The molecule has 0 fully saturated rings. The average Bonchev–Trinajstić information content (AvgIpc) is 2.71. The largest absolute Gasteiger partial charge is 1.00 e. The standard InChI is InChI=1S/C5H6.3CH5N.Li.H/c1-2-4-5-3-1;3*1-2;;/h1-4H,5H2;3*2H2,1H3;;/q;;;;+1;-1.